The number of aromatic nitrogens is 3. The highest BCUT2D eigenvalue weighted by Crippen LogP contribution is 2.22. The molecule has 0 radical (unpaired) electrons. The Hall–Kier alpha value is -2.75. The predicted molar refractivity (Wildman–Crippen MR) is 112 cm³/mol. The number of nitrogens with zero attached hydrogens (tertiary/aromatic N) is 5. The first-order valence-electron chi connectivity index (χ1n) is 9.04. The van der Waals surface area contributed by atoms with Crippen LogP contribution in [0.2, 0.25) is 5.02 Å². The number of halogens is 1. The van der Waals surface area contributed by atoms with Gasteiger partial charge in [-0.15, -0.1) is 10.2 Å². The summed E-state index contributed by atoms with van der Waals surface area (Å²) in [5, 5.41) is 12.1. The summed E-state index contributed by atoms with van der Waals surface area (Å²) >= 11 is 5.86. The number of benzene rings is 1. The van der Waals surface area contributed by atoms with Gasteiger partial charge in [-0.2, -0.15) is 4.31 Å². The van der Waals surface area contributed by atoms with E-state index in [9.17, 15) is 8.42 Å². The van der Waals surface area contributed by atoms with E-state index in [-0.39, 0.29) is 4.90 Å². The summed E-state index contributed by atoms with van der Waals surface area (Å²) in [4.78, 5) is 6.25. The van der Waals surface area contributed by atoms with Gasteiger partial charge in [0.1, 0.15) is 0 Å². The fraction of sp³-hybridized carbons (Fsp3) is 0.211. The van der Waals surface area contributed by atoms with Crippen molar-refractivity contribution >= 4 is 38.9 Å². The maximum Gasteiger partial charge on any atom is 0.243 e. The molecule has 1 saturated heterocycles. The normalized spacial score (nSPS) is 15.3. The molecule has 1 aliphatic heterocycles. The van der Waals surface area contributed by atoms with Gasteiger partial charge in [0, 0.05) is 49.3 Å². The minimum atomic E-state index is -3.53. The third-order valence-corrected chi connectivity index (χ3v) is 6.78. The van der Waals surface area contributed by atoms with Crippen molar-refractivity contribution in [2.75, 3.05) is 36.4 Å². The number of sulfonamides is 1. The summed E-state index contributed by atoms with van der Waals surface area (Å²) in [7, 11) is -3.53. The average Bonchev–Trinajstić information content (AvgIpc) is 2.75. The molecule has 1 N–H and O–H groups in total. The molecule has 4 rings (SSSR count). The van der Waals surface area contributed by atoms with Crippen molar-refractivity contribution in [3.63, 3.8) is 0 Å². The van der Waals surface area contributed by atoms with Gasteiger partial charge in [0.2, 0.25) is 10.0 Å². The van der Waals surface area contributed by atoms with Crippen molar-refractivity contribution < 1.29 is 8.42 Å². The summed E-state index contributed by atoms with van der Waals surface area (Å²) in [6.07, 6.45) is 3.39. The van der Waals surface area contributed by atoms with Gasteiger partial charge in [-0.3, -0.25) is 4.98 Å². The van der Waals surface area contributed by atoms with Crippen molar-refractivity contribution in [3.05, 3.63) is 65.9 Å². The van der Waals surface area contributed by atoms with Crippen LogP contribution < -0.4 is 10.2 Å². The lowest BCUT2D eigenvalue weighted by Gasteiger charge is -2.34. The van der Waals surface area contributed by atoms with Crippen LogP contribution in [0.3, 0.4) is 0 Å². The molecule has 0 aliphatic carbocycles. The van der Waals surface area contributed by atoms with Crippen LogP contribution in [0.1, 0.15) is 0 Å². The van der Waals surface area contributed by atoms with Crippen LogP contribution in [0, 0.1) is 0 Å². The van der Waals surface area contributed by atoms with Crippen molar-refractivity contribution in [1.82, 2.24) is 19.5 Å². The fourth-order valence-corrected chi connectivity index (χ4v) is 4.61. The smallest absolute Gasteiger partial charge is 0.243 e. The second kappa shape index (κ2) is 8.32. The molecule has 1 fully saturated rings. The van der Waals surface area contributed by atoms with Crippen molar-refractivity contribution in [1.29, 1.82) is 0 Å². The summed E-state index contributed by atoms with van der Waals surface area (Å²) in [5.74, 6) is 1.35. The number of pyridine rings is 1. The Morgan fingerprint density at radius 2 is 1.55 bits per heavy atom. The molecule has 0 unspecified atom stereocenters. The lowest BCUT2D eigenvalue weighted by Crippen LogP contribution is -2.48. The molecule has 3 aromatic rings. The van der Waals surface area contributed by atoms with Crippen LogP contribution >= 0.6 is 11.6 Å². The SMILES string of the molecule is O=S(=O)(c1ccc(Cl)cc1)N1CCN(c2ccc(Nc3ccncc3)nn2)CC1. The van der Waals surface area contributed by atoms with Crippen LogP contribution in [0.25, 0.3) is 0 Å². The Balaban J connectivity index is 1.38. The zero-order chi connectivity index (χ0) is 20.3. The first-order valence-corrected chi connectivity index (χ1v) is 10.9. The largest absolute Gasteiger partial charge is 0.352 e. The average molecular weight is 431 g/mol. The highest BCUT2D eigenvalue weighted by atomic mass is 35.5. The fourth-order valence-electron chi connectivity index (χ4n) is 3.06. The lowest BCUT2D eigenvalue weighted by atomic mass is 10.3. The molecule has 150 valence electrons. The molecule has 29 heavy (non-hydrogen) atoms. The molecular weight excluding hydrogens is 412 g/mol. The highest BCUT2D eigenvalue weighted by Gasteiger charge is 2.29. The zero-order valence-electron chi connectivity index (χ0n) is 15.4. The molecule has 0 amide bonds. The number of piperazine rings is 1. The van der Waals surface area contributed by atoms with E-state index in [0.717, 1.165) is 5.69 Å². The van der Waals surface area contributed by atoms with Crippen LogP contribution in [-0.2, 0) is 10.0 Å². The monoisotopic (exact) mass is 430 g/mol. The molecule has 8 nitrogen and oxygen atoms in total. The zero-order valence-corrected chi connectivity index (χ0v) is 17.0. The van der Waals surface area contributed by atoms with Gasteiger partial charge in [-0.25, -0.2) is 8.42 Å². The van der Waals surface area contributed by atoms with Crippen LogP contribution in [-0.4, -0.2) is 54.1 Å². The molecule has 1 aliphatic rings. The summed E-state index contributed by atoms with van der Waals surface area (Å²) in [6.45, 7) is 1.84. The molecule has 1 aromatic carbocycles. The van der Waals surface area contributed by atoms with Crippen molar-refractivity contribution in [3.8, 4) is 0 Å². The maximum atomic E-state index is 12.8. The number of anilines is 3. The Morgan fingerprint density at radius 3 is 2.17 bits per heavy atom. The molecule has 0 saturated carbocycles. The van der Waals surface area contributed by atoms with E-state index in [2.05, 4.69) is 20.5 Å². The van der Waals surface area contributed by atoms with E-state index in [4.69, 9.17) is 11.6 Å². The van der Waals surface area contributed by atoms with E-state index in [1.807, 2.05) is 29.2 Å². The van der Waals surface area contributed by atoms with E-state index in [1.54, 1.807) is 24.5 Å². The summed E-state index contributed by atoms with van der Waals surface area (Å²) in [6, 6.07) is 13.6. The molecule has 3 heterocycles. The van der Waals surface area contributed by atoms with Gasteiger partial charge >= 0.3 is 0 Å². The molecule has 0 atom stereocenters. The second-order valence-electron chi connectivity index (χ2n) is 6.48. The van der Waals surface area contributed by atoms with Gasteiger partial charge < -0.3 is 10.2 Å². The molecule has 2 aromatic heterocycles. The quantitative estimate of drug-likeness (QED) is 0.665. The Kier molecular flexibility index (Phi) is 5.61. The van der Waals surface area contributed by atoms with E-state index < -0.39 is 10.0 Å². The van der Waals surface area contributed by atoms with E-state index >= 15 is 0 Å². The third kappa shape index (κ3) is 4.47. The summed E-state index contributed by atoms with van der Waals surface area (Å²) < 4.78 is 27.1. The van der Waals surface area contributed by atoms with Crippen LogP contribution in [0.5, 0.6) is 0 Å². The number of hydrogen-bond donors (Lipinski definition) is 1. The van der Waals surface area contributed by atoms with Gasteiger partial charge in [0.15, 0.2) is 11.6 Å². The molecule has 0 spiro atoms. The first-order chi connectivity index (χ1) is 14.0. The van der Waals surface area contributed by atoms with Gasteiger partial charge in [-0.1, -0.05) is 11.6 Å². The number of rotatable bonds is 5. The van der Waals surface area contributed by atoms with Crippen molar-refractivity contribution in [2.24, 2.45) is 0 Å². The second-order valence-corrected chi connectivity index (χ2v) is 8.86. The van der Waals surface area contributed by atoms with Gasteiger partial charge in [0.05, 0.1) is 4.90 Å². The number of nitrogens with one attached hydrogen (secondary N) is 1. The van der Waals surface area contributed by atoms with E-state index in [1.165, 1.54) is 16.4 Å². The highest BCUT2D eigenvalue weighted by molar-refractivity contribution is 7.89. The standard InChI is InChI=1S/C19H19ClN6O2S/c20-15-1-3-17(4-2-15)29(27,28)26-13-11-25(12-14-26)19-6-5-18(23-24-19)22-16-7-9-21-10-8-16/h1-10H,11-14H2,(H,21,22,23). The Labute approximate surface area is 174 Å². The first kappa shape index (κ1) is 19.6. The van der Waals surface area contributed by atoms with Gasteiger partial charge in [0.25, 0.3) is 0 Å². The topological polar surface area (TPSA) is 91.3 Å². The molecular formula is C19H19ClN6O2S. The van der Waals surface area contributed by atoms with Crippen molar-refractivity contribution in [2.45, 2.75) is 4.90 Å². The van der Waals surface area contributed by atoms with Crippen LogP contribution in [0.15, 0.2) is 65.8 Å². The van der Waals surface area contributed by atoms with Gasteiger partial charge in [-0.05, 0) is 48.5 Å². The predicted octanol–water partition coefficient (Wildman–Crippen LogP) is 2.78. The minimum Gasteiger partial charge on any atom is -0.352 e. The van der Waals surface area contributed by atoms with E-state index in [0.29, 0.717) is 42.8 Å². The minimum absolute atomic E-state index is 0.252. The summed E-state index contributed by atoms with van der Waals surface area (Å²) in [5.41, 5.74) is 0.878. The molecule has 0 bridgehead atoms. The number of hydrogen-bond acceptors (Lipinski definition) is 7. The maximum absolute atomic E-state index is 12.8. The molecule has 10 heteroatoms. The Morgan fingerprint density at radius 1 is 0.862 bits per heavy atom. The third-order valence-electron chi connectivity index (χ3n) is 4.62. The lowest BCUT2D eigenvalue weighted by molar-refractivity contribution is 0.383. The Bertz CT molecular complexity index is 1050. The van der Waals surface area contributed by atoms with Crippen LogP contribution in [0.4, 0.5) is 17.3 Å².